The molecule has 0 saturated heterocycles. The Morgan fingerprint density at radius 2 is 1.64 bits per heavy atom. The molecule has 0 aliphatic heterocycles. The van der Waals surface area contributed by atoms with Gasteiger partial charge in [0.1, 0.15) is 0 Å². The van der Waals surface area contributed by atoms with E-state index in [9.17, 15) is 0 Å². The van der Waals surface area contributed by atoms with Gasteiger partial charge in [-0.25, -0.2) is 0 Å². The Balaban J connectivity index is 2.04. The highest BCUT2D eigenvalue weighted by Gasteiger charge is 2.24. The summed E-state index contributed by atoms with van der Waals surface area (Å²) in [5, 5.41) is 6.91. The van der Waals surface area contributed by atoms with Gasteiger partial charge in [-0.2, -0.15) is 9.67 Å². The average molecular weight is 371 g/mol. The number of aromatic nitrogens is 3. The Morgan fingerprint density at radius 1 is 0.929 bits per heavy atom. The predicted octanol–water partition coefficient (Wildman–Crippen LogP) is 5.43. The van der Waals surface area contributed by atoms with Crippen LogP contribution in [0, 0.1) is 13.8 Å². The van der Waals surface area contributed by atoms with Crippen LogP contribution in [0.5, 0.6) is 0 Å². The van der Waals surface area contributed by atoms with Crippen molar-refractivity contribution in [1.29, 1.82) is 0 Å². The van der Waals surface area contributed by atoms with Crippen LogP contribution in [0.25, 0.3) is 27.7 Å². The van der Waals surface area contributed by atoms with Crippen molar-refractivity contribution < 1.29 is 4.57 Å². The lowest BCUT2D eigenvalue weighted by Gasteiger charge is -2.22. The minimum Gasteiger partial charge on any atom is -0.268 e. The maximum absolute atomic E-state index is 4.40. The largest absolute Gasteiger partial charge is 0.268 e. The quantitative estimate of drug-likeness (QED) is 0.431. The molecule has 0 atom stereocenters. The van der Waals surface area contributed by atoms with Gasteiger partial charge in [-0.1, -0.05) is 39.0 Å². The van der Waals surface area contributed by atoms with Gasteiger partial charge in [-0.3, -0.25) is 4.68 Å². The number of rotatable bonds is 2. The zero-order valence-electron chi connectivity index (χ0n) is 17.6. The third-order valence-corrected chi connectivity index (χ3v) is 5.61. The van der Waals surface area contributed by atoms with Crippen LogP contribution in [0.1, 0.15) is 37.6 Å². The van der Waals surface area contributed by atoms with Crippen LogP contribution in [-0.2, 0) is 12.5 Å². The second-order valence-electron chi connectivity index (χ2n) is 8.67. The van der Waals surface area contributed by atoms with Gasteiger partial charge < -0.3 is 0 Å². The third kappa shape index (κ3) is 3.11. The number of hydrogen-bond acceptors (Lipinski definition) is 1. The lowest BCUT2D eigenvalue weighted by atomic mass is 9.84. The van der Waals surface area contributed by atoms with Gasteiger partial charge in [-0.15, -0.1) is 0 Å². The number of aryl methyl sites for hydroxylation is 2. The first-order valence-corrected chi connectivity index (χ1v) is 9.80. The van der Waals surface area contributed by atoms with Crippen molar-refractivity contribution in [3.63, 3.8) is 0 Å². The second-order valence-corrected chi connectivity index (χ2v) is 8.67. The topological polar surface area (TPSA) is 21.7 Å². The standard InChI is InChI=1S/C25H28N3/c1-17-13-19-9-7-8-10-20(19)16-28(17)24-15-21(25(3,4)5)14-22(18(24)2)23-11-12-26-27(23)6/h7-16H,1-6H3/q+1. The summed E-state index contributed by atoms with van der Waals surface area (Å²) in [7, 11) is 2.01. The third-order valence-electron chi connectivity index (χ3n) is 5.61. The molecule has 0 bridgehead atoms. The van der Waals surface area contributed by atoms with Crippen molar-refractivity contribution in [2.75, 3.05) is 0 Å². The Labute approximate surface area is 167 Å². The molecule has 0 aliphatic rings. The van der Waals surface area contributed by atoms with Crippen LogP contribution in [0.4, 0.5) is 0 Å². The van der Waals surface area contributed by atoms with Gasteiger partial charge >= 0.3 is 0 Å². The van der Waals surface area contributed by atoms with Gasteiger partial charge in [0.2, 0.25) is 5.69 Å². The van der Waals surface area contributed by atoms with E-state index in [4.69, 9.17) is 0 Å². The smallest absolute Gasteiger partial charge is 0.214 e. The first-order valence-electron chi connectivity index (χ1n) is 9.80. The molecule has 0 fully saturated rings. The van der Waals surface area contributed by atoms with Crippen molar-refractivity contribution in [3.8, 4) is 16.9 Å². The molecule has 0 radical (unpaired) electrons. The van der Waals surface area contributed by atoms with Gasteiger partial charge in [-0.05, 0) is 41.5 Å². The number of benzene rings is 2. The molecule has 2 aromatic carbocycles. The number of hydrogen-bond donors (Lipinski definition) is 0. The Morgan fingerprint density at radius 3 is 2.29 bits per heavy atom. The molecule has 142 valence electrons. The van der Waals surface area contributed by atoms with Crippen molar-refractivity contribution in [2.24, 2.45) is 7.05 Å². The molecule has 0 amide bonds. The van der Waals surface area contributed by atoms with E-state index in [1.165, 1.54) is 38.8 Å². The molecule has 3 heteroatoms. The van der Waals surface area contributed by atoms with Crippen LogP contribution in [-0.4, -0.2) is 9.78 Å². The first kappa shape index (κ1) is 18.4. The molecule has 4 rings (SSSR count). The van der Waals surface area contributed by atoms with Crippen molar-refractivity contribution in [2.45, 2.75) is 40.0 Å². The van der Waals surface area contributed by atoms with E-state index in [0.29, 0.717) is 0 Å². The first-order chi connectivity index (χ1) is 13.3. The maximum Gasteiger partial charge on any atom is 0.214 e. The molecule has 2 heterocycles. The highest BCUT2D eigenvalue weighted by molar-refractivity contribution is 5.81. The van der Waals surface area contributed by atoms with Crippen molar-refractivity contribution in [3.05, 3.63) is 77.7 Å². The lowest BCUT2D eigenvalue weighted by molar-refractivity contribution is -0.601. The highest BCUT2D eigenvalue weighted by atomic mass is 15.3. The van der Waals surface area contributed by atoms with E-state index in [2.05, 4.69) is 99.0 Å². The van der Waals surface area contributed by atoms with E-state index in [0.717, 1.165) is 5.69 Å². The van der Waals surface area contributed by atoms with Crippen molar-refractivity contribution >= 4 is 10.8 Å². The van der Waals surface area contributed by atoms with E-state index in [1.807, 2.05) is 17.9 Å². The fraction of sp³-hybridized carbons (Fsp3) is 0.280. The summed E-state index contributed by atoms with van der Waals surface area (Å²) in [4.78, 5) is 0. The zero-order chi connectivity index (χ0) is 20.1. The summed E-state index contributed by atoms with van der Waals surface area (Å²) in [6.45, 7) is 11.2. The molecule has 0 saturated carbocycles. The maximum atomic E-state index is 4.40. The fourth-order valence-electron chi connectivity index (χ4n) is 3.84. The van der Waals surface area contributed by atoms with E-state index in [1.54, 1.807) is 0 Å². The summed E-state index contributed by atoms with van der Waals surface area (Å²) < 4.78 is 4.28. The molecule has 4 aromatic rings. The van der Waals surface area contributed by atoms with Gasteiger partial charge in [0.25, 0.3) is 0 Å². The van der Waals surface area contributed by atoms with Crippen LogP contribution < -0.4 is 4.57 Å². The van der Waals surface area contributed by atoms with Crippen LogP contribution in [0.2, 0.25) is 0 Å². The van der Waals surface area contributed by atoms with Gasteiger partial charge in [0, 0.05) is 48.8 Å². The van der Waals surface area contributed by atoms with Gasteiger partial charge in [0.15, 0.2) is 11.9 Å². The van der Waals surface area contributed by atoms with Gasteiger partial charge in [0.05, 0.1) is 5.69 Å². The second kappa shape index (κ2) is 6.59. The minimum atomic E-state index is 0.0567. The molecule has 3 nitrogen and oxygen atoms in total. The summed E-state index contributed by atoms with van der Waals surface area (Å²) in [6.07, 6.45) is 4.12. The monoisotopic (exact) mass is 370 g/mol. The molecule has 0 aliphatic carbocycles. The molecule has 0 N–H and O–H groups in total. The summed E-state index contributed by atoms with van der Waals surface area (Å²) in [5.74, 6) is 0. The minimum absolute atomic E-state index is 0.0567. The number of pyridine rings is 1. The molecule has 0 spiro atoms. The van der Waals surface area contributed by atoms with Crippen LogP contribution >= 0.6 is 0 Å². The SMILES string of the molecule is Cc1c(-c2ccnn2C)cc(C(C)(C)C)cc1-[n+]1cc2ccccc2cc1C. The highest BCUT2D eigenvalue weighted by Crippen LogP contribution is 2.33. The fourth-order valence-corrected chi connectivity index (χ4v) is 3.84. The van der Waals surface area contributed by atoms with Crippen LogP contribution in [0.15, 0.2) is 60.9 Å². The number of fused-ring (bicyclic) bond motifs is 1. The number of nitrogens with zero attached hydrogens (tertiary/aromatic N) is 3. The molecule has 0 unspecified atom stereocenters. The molecular weight excluding hydrogens is 342 g/mol. The lowest BCUT2D eigenvalue weighted by Crippen LogP contribution is -2.35. The summed E-state index contributed by atoms with van der Waals surface area (Å²) in [5.41, 5.74) is 7.48. The Bertz CT molecular complexity index is 1180. The Hall–Kier alpha value is -2.94. The zero-order valence-corrected chi connectivity index (χ0v) is 17.6. The predicted molar refractivity (Wildman–Crippen MR) is 116 cm³/mol. The summed E-state index contributed by atoms with van der Waals surface area (Å²) >= 11 is 0. The Kier molecular flexibility index (Phi) is 4.34. The summed E-state index contributed by atoms with van der Waals surface area (Å²) in [6, 6.07) is 17.6. The normalized spacial score (nSPS) is 11.9. The van der Waals surface area contributed by atoms with E-state index < -0.39 is 0 Å². The van der Waals surface area contributed by atoms with Crippen molar-refractivity contribution in [1.82, 2.24) is 9.78 Å². The molecular formula is C25H28N3+. The van der Waals surface area contributed by atoms with E-state index >= 15 is 0 Å². The molecule has 28 heavy (non-hydrogen) atoms. The van der Waals surface area contributed by atoms with E-state index in [-0.39, 0.29) is 5.41 Å². The average Bonchev–Trinajstić information content (AvgIpc) is 3.06. The van der Waals surface area contributed by atoms with Crippen LogP contribution in [0.3, 0.4) is 0 Å². The molecule has 2 aromatic heterocycles.